The molecule has 0 fully saturated rings. The number of ketones is 1. The first-order valence-corrected chi connectivity index (χ1v) is 12.2. The van der Waals surface area contributed by atoms with E-state index in [9.17, 15) is 19.5 Å². The average Bonchev–Trinajstić information content (AvgIpc) is 2.94. The van der Waals surface area contributed by atoms with Crippen molar-refractivity contribution >= 4 is 35.1 Å². The van der Waals surface area contributed by atoms with Gasteiger partial charge in [0.15, 0.2) is 5.78 Å². The minimum Gasteiger partial charge on any atom is -0.508 e. The van der Waals surface area contributed by atoms with E-state index >= 15 is 0 Å². The number of ether oxygens (including phenoxy) is 1. The Bertz CT molecular complexity index is 1410. The fourth-order valence-electron chi connectivity index (χ4n) is 3.76. The number of alkyl carbamates (subject to hydrolysis) is 1. The first-order valence-electron chi connectivity index (χ1n) is 11.8. The zero-order chi connectivity index (χ0) is 26.9. The van der Waals surface area contributed by atoms with Crippen molar-refractivity contribution in [2.75, 3.05) is 5.32 Å². The van der Waals surface area contributed by atoms with Gasteiger partial charge in [-0.25, -0.2) is 4.79 Å². The number of amides is 2. The summed E-state index contributed by atoms with van der Waals surface area (Å²) in [6.07, 6.45) is -0.660. The molecule has 0 aromatic heterocycles. The van der Waals surface area contributed by atoms with Crippen LogP contribution in [-0.2, 0) is 22.6 Å². The lowest BCUT2D eigenvalue weighted by Crippen LogP contribution is -2.45. The Kier molecular flexibility index (Phi) is 8.74. The topological polar surface area (TPSA) is 105 Å². The molecular weight excluding hydrogens is 504 g/mol. The molecule has 3 N–H and O–H groups in total. The lowest BCUT2D eigenvalue weighted by atomic mass is 10.0. The Balaban J connectivity index is 1.54. The molecule has 1 atom stereocenters. The fraction of sp³-hybridized carbons (Fsp3) is 0.100. The third-order valence-electron chi connectivity index (χ3n) is 5.72. The predicted molar refractivity (Wildman–Crippen MR) is 145 cm³/mol. The van der Waals surface area contributed by atoms with E-state index in [4.69, 9.17) is 16.3 Å². The Morgan fingerprint density at radius 3 is 2.16 bits per heavy atom. The van der Waals surface area contributed by atoms with Crippen LogP contribution in [0.5, 0.6) is 5.75 Å². The van der Waals surface area contributed by atoms with Crippen molar-refractivity contribution in [1.29, 1.82) is 0 Å². The van der Waals surface area contributed by atoms with Gasteiger partial charge in [-0.1, -0.05) is 84.4 Å². The van der Waals surface area contributed by atoms with Crippen LogP contribution in [0.3, 0.4) is 0 Å². The van der Waals surface area contributed by atoms with Crippen molar-refractivity contribution in [2.24, 2.45) is 0 Å². The van der Waals surface area contributed by atoms with E-state index in [2.05, 4.69) is 10.6 Å². The van der Waals surface area contributed by atoms with Crippen molar-refractivity contribution in [3.63, 3.8) is 0 Å². The van der Waals surface area contributed by atoms with Gasteiger partial charge in [-0.15, -0.1) is 0 Å². The number of carbonyl (C=O) groups is 3. The second kappa shape index (κ2) is 12.6. The number of carbonyl (C=O) groups excluding carboxylic acids is 3. The molecular formula is C30H25ClN2O5. The second-order valence-electron chi connectivity index (χ2n) is 8.50. The van der Waals surface area contributed by atoms with Crippen LogP contribution in [0, 0.1) is 0 Å². The third kappa shape index (κ3) is 7.21. The van der Waals surface area contributed by atoms with E-state index in [-0.39, 0.29) is 35.8 Å². The fourth-order valence-corrected chi connectivity index (χ4v) is 3.93. The van der Waals surface area contributed by atoms with E-state index in [1.54, 1.807) is 54.6 Å². The number of benzene rings is 4. The number of hydrogen-bond acceptors (Lipinski definition) is 5. The minimum absolute atomic E-state index is 0.0349. The average molecular weight is 529 g/mol. The van der Waals surface area contributed by atoms with E-state index in [1.807, 2.05) is 30.3 Å². The van der Waals surface area contributed by atoms with Crippen molar-refractivity contribution in [1.82, 2.24) is 5.32 Å². The van der Waals surface area contributed by atoms with Gasteiger partial charge in [-0.2, -0.15) is 0 Å². The predicted octanol–water partition coefficient (Wildman–Crippen LogP) is 5.75. The molecule has 8 heteroatoms. The molecule has 0 radical (unpaired) electrons. The largest absolute Gasteiger partial charge is 0.508 e. The van der Waals surface area contributed by atoms with Crippen molar-refractivity contribution in [3.8, 4) is 5.75 Å². The standard InChI is InChI=1S/C30H25ClN2O5/c31-23-13-16-26(25(18-23)28(35)22-9-5-2-6-10-22)32-29(36)27(17-20-11-14-24(34)15-12-20)33-30(37)38-19-21-7-3-1-4-8-21/h1-16,18,27,34H,17,19H2,(H,32,36)(H,33,37)/t27-/m0/s1. The lowest BCUT2D eigenvalue weighted by molar-refractivity contribution is -0.118. The van der Waals surface area contributed by atoms with Gasteiger partial charge in [0.2, 0.25) is 5.91 Å². The summed E-state index contributed by atoms with van der Waals surface area (Å²) >= 11 is 6.16. The summed E-state index contributed by atoms with van der Waals surface area (Å²) < 4.78 is 5.31. The minimum atomic E-state index is -1.04. The lowest BCUT2D eigenvalue weighted by Gasteiger charge is -2.20. The molecule has 0 aliphatic rings. The molecule has 4 rings (SSSR count). The van der Waals surface area contributed by atoms with Crippen molar-refractivity contribution in [3.05, 3.63) is 130 Å². The van der Waals surface area contributed by atoms with Crippen LogP contribution in [-0.4, -0.2) is 28.9 Å². The van der Waals surface area contributed by atoms with E-state index in [1.165, 1.54) is 18.2 Å². The molecule has 4 aromatic carbocycles. The van der Waals surface area contributed by atoms with E-state index in [0.29, 0.717) is 16.1 Å². The summed E-state index contributed by atoms with van der Waals surface area (Å²) in [6, 6.07) is 27.6. The first-order chi connectivity index (χ1) is 18.4. The van der Waals surface area contributed by atoms with Gasteiger partial charge in [0.05, 0.1) is 5.69 Å². The molecule has 4 aromatic rings. The zero-order valence-corrected chi connectivity index (χ0v) is 21.0. The summed E-state index contributed by atoms with van der Waals surface area (Å²) in [7, 11) is 0. The number of anilines is 1. The molecule has 0 bridgehead atoms. The highest BCUT2D eigenvalue weighted by atomic mass is 35.5. The maximum Gasteiger partial charge on any atom is 0.408 e. The number of phenols is 1. The molecule has 38 heavy (non-hydrogen) atoms. The van der Waals surface area contributed by atoms with Crippen LogP contribution in [0.15, 0.2) is 103 Å². The first kappa shape index (κ1) is 26.4. The summed E-state index contributed by atoms with van der Waals surface area (Å²) in [5, 5.41) is 15.3. The summed E-state index contributed by atoms with van der Waals surface area (Å²) in [5.74, 6) is -0.789. The maximum absolute atomic E-state index is 13.4. The van der Waals surface area contributed by atoms with E-state index in [0.717, 1.165) is 5.56 Å². The molecule has 0 spiro atoms. The van der Waals surface area contributed by atoms with E-state index < -0.39 is 18.0 Å². The Morgan fingerprint density at radius 2 is 1.47 bits per heavy atom. The van der Waals surface area contributed by atoms with Gasteiger partial charge in [-0.3, -0.25) is 9.59 Å². The molecule has 192 valence electrons. The SMILES string of the molecule is O=C(N[C@@H](Cc1ccc(O)cc1)C(=O)Nc1ccc(Cl)cc1C(=O)c1ccccc1)OCc1ccccc1. The van der Waals surface area contributed by atoms with Crippen LogP contribution >= 0.6 is 11.6 Å². The van der Waals surface area contributed by atoms with Crippen LogP contribution in [0.1, 0.15) is 27.0 Å². The normalized spacial score (nSPS) is 11.3. The summed E-state index contributed by atoms with van der Waals surface area (Å²) in [4.78, 5) is 39.2. The Labute approximate surface area is 225 Å². The highest BCUT2D eigenvalue weighted by molar-refractivity contribution is 6.31. The van der Waals surface area contributed by atoms with Gasteiger partial charge < -0.3 is 20.5 Å². The van der Waals surface area contributed by atoms with Crippen LogP contribution in [0.25, 0.3) is 0 Å². The molecule has 0 saturated heterocycles. The van der Waals surface area contributed by atoms with Gasteiger partial charge in [0.25, 0.3) is 0 Å². The smallest absolute Gasteiger partial charge is 0.408 e. The van der Waals surface area contributed by atoms with Gasteiger partial charge in [0, 0.05) is 22.6 Å². The van der Waals surface area contributed by atoms with Crippen molar-refractivity contribution < 1.29 is 24.2 Å². The number of aromatic hydroxyl groups is 1. The number of hydrogen-bond donors (Lipinski definition) is 3. The van der Waals surface area contributed by atoms with Crippen LogP contribution in [0.4, 0.5) is 10.5 Å². The molecule has 0 aliphatic carbocycles. The quantitative estimate of drug-likeness (QED) is 0.240. The zero-order valence-electron chi connectivity index (χ0n) is 20.3. The molecule has 0 aliphatic heterocycles. The molecule has 0 heterocycles. The highest BCUT2D eigenvalue weighted by Gasteiger charge is 2.24. The van der Waals surface area contributed by atoms with Gasteiger partial charge >= 0.3 is 6.09 Å². The van der Waals surface area contributed by atoms with Gasteiger partial charge in [-0.05, 0) is 41.5 Å². The Hall–Kier alpha value is -4.62. The molecule has 0 unspecified atom stereocenters. The number of phenolic OH excluding ortho intramolecular Hbond substituents is 1. The van der Waals surface area contributed by atoms with Crippen LogP contribution in [0.2, 0.25) is 5.02 Å². The van der Waals surface area contributed by atoms with Crippen molar-refractivity contribution in [2.45, 2.75) is 19.1 Å². The second-order valence-corrected chi connectivity index (χ2v) is 8.94. The number of nitrogens with one attached hydrogen (secondary N) is 2. The highest BCUT2D eigenvalue weighted by Crippen LogP contribution is 2.24. The molecule has 2 amide bonds. The third-order valence-corrected chi connectivity index (χ3v) is 5.95. The van der Waals surface area contributed by atoms with Crippen LogP contribution < -0.4 is 10.6 Å². The number of rotatable bonds is 9. The maximum atomic E-state index is 13.4. The molecule has 7 nitrogen and oxygen atoms in total. The number of halogens is 1. The molecule has 0 saturated carbocycles. The Morgan fingerprint density at radius 1 is 0.816 bits per heavy atom. The monoisotopic (exact) mass is 528 g/mol. The summed E-state index contributed by atoms with van der Waals surface area (Å²) in [5.41, 5.74) is 2.40. The van der Waals surface area contributed by atoms with Gasteiger partial charge in [0.1, 0.15) is 18.4 Å². The summed E-state index contributed by atoms with van der Waals surface area (Å²) in [6.45, 7) is 0.0349.